The lowest BCUT2D eigenvalue weighted by Gasteiger charge is -2.22. The van der Waals surface area contributed by atoms with Gasteiger partial charge in [0.25, 0.3) is 0 Å². The van der Waals surface area contributed by atoms with Gasteiger partial charge in [-0.2, -0.15) is 5.10 Å². The molecular formula is C14H27N5O2. The van der Waals surface area contributed by atoms with Crippen LogP contribution in [0, 0.1) is 5.92 Å². The molecule has 0 fully saturated rings. The molecule has 2 amide bonds. The molecule has 120 valence electrons. The molecule has 1 aromatic rings. The lowest BCUT2D eigenvalue weighted by molar-refractivity contribution is 0.0666. The van der Waals surface area contributed by atoms with E-state index in [1.165, 1.54) is 6.33 Å². The standard InChI is InChI=1S/C14H27N5O2/c1-10(2)11(21-6)7-15-13(20)16-8-12-17-9-18-19(12)14(3,4)5/h9-11H,7-8H2,1-6H3,(H2,15,16,20)/t11-/m0/s1. The third kappa shape index (κ3) is 5.34. The average Bonchev–Trinajstić information content (AvgIpc) is 2.84. The largest absolute Gasteiger partial charge is 0.379 e. The Bertz CT molecular complexity index is 450. The first kappa shape index (κ1) is 17.4. The molecule has 0 unspecified atom stereocenters. The van der Waals surface area contributed by atoms with Gasteiger partial charge in [0.1, 0.15) is 12.2 Å². The van der Waals surface area contributed by atoms with E-state index in [1.807, 2.05) is 20.8 Å². The summed E-state index contributed by atoms with van der Waals surface area (Å²) in [5.74, 6) is 1.07. The molecule has 0 aromatic carbocycles. The highest BCUT2D eigenvalue weighted by Gasteiger charge is 2.19. The van der Waals surface area contributed by atoms with E-state index in [9.17, 15) is 4.79 Å². The van der Waals surface area contributed by atoms with Crippen LogP contribution in [0.25, 0.3) is 0 Å². The van der Waals surface area contributed by atoms with E-state index in [0.29, 0.717) is 19.0 Å². The first-order valence-corrected chi connectivity index (χ1v) is 7.19. The first-order valence-electron chi connectivity index (χ1n) is 7.19. The highest BCUT2D eigenvalue weighted by Crippen LogP contribution is 2.13. The van der Waals surface area contributed by atoms with E-state index in [0.717, 1.165) is 5.82 Å². The van der Waals surface area contributed by atoms with Gasteiger partial charge in [-0.3, -0.25) is 0 Å². The topological polar surface area (TPSA) is 81.1 Å². The Balaban J connectivity index is 2.46. The van der Waals surface area contributed by atoms with Crippen molar-refractivity contribution < 1.29 is 9.53 Å². The maximum atomic E-state index is 11.8. The maximum absolute atomic E-state index is 11.8. The van der Waals surface area contributed by atoms with Crippen LogP contribution in [0.15, 0.2) is 6.33 Å². The number of carbonyl (C=O) groups excluding carboxylic acids is 1. The SMILES string of the molecule is CO[C@@H](CNC(=O)NCc1ncnn1C(C)(C)C)C(C)C. The summed E-state index contributed by atoms with van der Waals surface area (Å²) in [5, 5.41) is 9.78. The van der Waals surface area contributed by atoms with Crippen molar-refractivity contribution in [3.05, 3.63) is 12.2 Å². The molecule has 1 aromatic heterocycles. The van der Waals surface area contributed by atoms with Crippen molar-refractivity contribution >= 4 is 6.03 Å². The highest BCUT2D eigenvalue weighted by molar-refractivity contribution is 5.73. The zero-order valence-corrected chi connectivity index (χ0v) is 13.8. The number of carbonyl (C=O) groups is 1. The molecule has 1 heterocycles. The zero-order chi connectivity index (χ0) is 16.0. The minimum Gasteiger partial charge on any atom is -0.379 e. The van der Waals surface area contributed by atoms with Gasteiger partial charge in [0.2, 0.25) is 0 Å². The molecular weight excluding hydrogens is 270 g/mol. The second-order valence-electron chi connectivity index (χ2n) is 6.34. The number of amides is 2. The first-order chi connectivity index (χ1) is 9.75. The fourth-order valence-corrected chi connectivity index (χ4v) is 1.95. The minimum absolute atomic E-state index is 0.00831. The quantitative estimate of drug-likeness (QED) is 0.834. The summed E-state index contributed by atoms with van der Waals surface area (Å²) < 4.78 is 7.11. The van der Waals surface area contributed by atoms with Crippen molar-refractivity contribution in [1.82, 2.24) is 25.4 Å². The summed E-state index contributed by atoms with van der Waals surface area (Å²) >= 11 is 0. The lowest BCUT2D eigenvalue weighted by Crippen LogP contribution is -2.42. The van der Waals surface area contributed by atoms with Crippen LogP contribution >= 0.6 is 0 Å². The van der Waals surface area contributed by atoms with Crippen molar-refractivity contribution in [3.8, 4) is 0 Å². The Labute approximate surface area is 126 Å². The van der Waals surface area contributed by atoms with Gasteiger partial charge in [-0.05, 0) is 26.7 Å². The van der Waals surface area contributed by atoms with E-state index in [2.05, 4.69) is 34.6 Å². The molecule has 0 aliphatic rings. The molecule has 0 aliphatic carbocycles. The Morgan fingerprint density at radius 1 is 1.38 bits per heavy atom. The van der Waals surface area contributed by atoms with Crippen molar-refractivity contribution in [2.24, 2.45) is 5.92 Å². The van der Waals surface area contributed by atoms with Gasteiger partial charge in [0.15, 0.2) is 0 Å². The summed E-state index contributed by atoms with van der Waals surface area (Å²) in [6, 6.07) is -0.235. The van der Waals surface area contributed by atoms with Crippen LogP contribution in [-0.2, 0) is 16.8 Å². The summed E-state index contributed by atoms with van der Waals surface area (Å²) in [6.07, 6.45) is 1.51. The summed E-state index contributed by atoms with van der Waals surface area (Å²) in [6.45, 7) is 11.0. The number of aromatic nitrogens is 3. The minimum atomic E-state index is -0.235. The van der Waals surface area contributed by atoms with Crippen LogP contribution in [0.3, 0.4) is 0 Å². The normalized spacial score (nSPS) is 13.3. The number of rotatable bonds is 6. The third-order valence-electron chi connectivity index (χ3n) is 3.17. The molecule has 7 nitrogen and oxygen atoms in total. The molecule has 0 saturated carbocycles. The monoisotopic (exact) mass is 297 g/mol. The smallest absolute Gasteiger partial charge is 0.315 e. The van der Waals surface area contributed by atoms with E-state index < -0.39 is 0 Å². The van der Waals surface area contributed by atoms with Gasteiger partial charge in [0.05, 0.1) is 18.2 Å². The van der Waals surface area contributed by atoms with Crippen LogP contribution < -0.4 is 10.6 Å². The van der Waals surface area contributed by atoms with Crippen molar-refractivity contribution in [2.45, 2.75) is 52.8 Å². The van der Waals surface area contributed by atoms with E-state index in [-0.39, 0.29) is 17.7 Å². The molecule has 21 heavy (non-hydrogen) atoms. The van der Waals surface area contributed by atoms with Crippen LogP contribution in [0.2, 0.25) is 0 Å². The number of hydrogen-bond acceptors (Lipinski definition) is 4. The molecule has 2 N–H and O–H groups in total. The van der Waals surface area contributed by atoms with Crippen molar-refractivity contribution in [2.75, 3.05) is 13.7 Å². The third-order valence-corrected chi connectivity index (χ3v) is 3.17. The Hall–Kier alpha value is -1.63. The fourth-order valence-electron chi connectivity index (χ4n) is 1.95. The second-order valence-corrected chi connectivity index (χ2v) is 6.34. The molecule has 7 heteroatoms. The van der Waals surface area contributed by atoms with E-state index in [1.54, 1.807) is 11.8 Å². The number of hydrogen-bond donors (Lipinski definition) is 2. The predicted octanol–water partition coefficient (Wildman–Crippen LogP) is 1.50. The highest BCUT2D eigenvalue weighted by atomic mass is 16.5. The van der Waals surface area contributed by atoms with Gasteiger partial charge in [-0.15, -0.1) is 0 Å². The molecule has 0 aliphatic heterocycles. The van der Waals surface area contributed by atoms with Crippen LogP contribution in [0.4, 0.5) is 4.79 Å². The summed E-state index contributed by atoms with van der Waals surface area (Å²) in [7, 11) is 1.65. The molecule has 1 atom stereocenters. The van der Waals surface area contributed by atoms with Crippen molar-refractivity contribution in [1.29, 1.82) is 0 Å². The number of ether oxygens (including phenoxy) is 1. The van der Waals surface area contributed by atoms with Gasteiger partial charge in [-0.1, -0.05) is 13.8 Å². The Morgan fingerprint density at radius 3 is 2.57 bits per heavy atom. The van der Waals surface area contributed by atoms with Gasteiger partial charge in [-0.25, -0.2) is 14.5 Å². The summed E-state index contributed by atoms with van der Waals surface area (Å²) in [5.41, 5.74) is -0.164. The summed E-state index contributed by atoms with van der Waals surface area (Å²) in [4.78, 5) is 16.0. The van der Waals surface area contributed by atoms with Crippen LogP contribution in [0.5, 0.6) is 0 Å². The van der Waals surface area contributed by atoms with Gasteiger partial charge in [0, 0.05) is 13.7 Å². The van der Waals surface area contributed by atoms with E-state index >= 15 is 0 Å². The number of urea groups is 1. The van der Waals surface area contributed by atoms with Gasteiger partial charge < -0.3 is 15.4 Å². The Morgan fingerprint density at radius 2 is 2.05 bits per heavy atom. The zero-order valence-electron chi connectivity index (χ0n) is 13.8. The molecule has 1 rings (SSSR count). The van der Waals surface area contributed by atoms with Crippen LogP contribution in [-0.4, -0.2) is 40.6 Å². The number of methoxy groups -OCH3 is 1. The second kappa shape index (κ2) is 7.40. The molecule has 0 radical (unpaired) electrons. The van der Waals surface area contributed by atoms with Crippen LogP contribution in [0.1, 0.15) is 40.4 Å². The lowest BCUT2D eigenvalue weighted by atomic mass is 10.1. The molecule has 0 saturated heterocycles. The van der Waals surface area contributed by atoms with Gasteiger partial charge >= 0.3 is 6.03 Å². The fraction of sp³-hybridized carbons (Fsp3) is 0.786. The van der Waals surface area contributed by atoms with Crippen molar-refractivity contribution in [3.63, 3.8) is 0 Å². The van der Waals surface area contributed by atoms with E-state index in [4.69, 9.17) is 4.74 Å². The maximum Gasteiger partial charge on any atom is 0.315 e. The Kier molecular flexibility index (Phi) is 6.14. The number of nitrogens with one attached hydrogen (secondary N) is 2. The average molecular weight is 297 g/mol. The predicted molar refractivity (Wildman–Crippen MR) is 80.9 cm³/mol. The molecule has 0 bridgehead atoms. The molecule has 0 spiro atoms. The number of nitrogens with zero attached hydrogens (tertiary/aromatic N) is 3.